The maximum atomic E-state index is 12.5. The number of carbonyl (C=O) groups excluding carboxylic acids is 1. The summed E-state index contributed by atoms with van der Waals surface area (Å²) in [6, 6.07) is 13.9. The lowest BCUT2D eigenvalue weighted by Crippen LogP contribution is -2.45. The molecule has 0 bridgehead atoms. The molecule has 0 spiro atoms. The summed E-state index contributed by atoms with van der Waals surface area (Å²) < 4.78 is 11.2. The molecule has 130 valence electrons. The van der Waals surface area contributed by atoms with Gasteiger partial charge in [0.2, 0.25) is 6.10 Å². The molecule has 0 saturated carbocycles. The molecule has 6 heteroatoms. The minimum absolute atomic E-state index is 0.0798. The van der Waals surface area contributed by atoms with Crippen molar-refractivity contribution in [3.63, 3.8) is 0 Å². The molecule has 2 aromatic rings. The number of ether oxygens (including phenoxy) is 2. The van der Waals surface area contributed by atoms with Crippen LogP contribution in [0.4, 0.5) is 0 Å². The Balaban J connectivity index is 1.73. The highest BCUT2D eigenvalue weighted by Crippen LogP contribution is 2.31. The molecule has 1 aliphatic rings. The number of nitrogens with one attached hydrogen (secondary N) is 1. The Hall–Kier alpha value is -3.02. The Bertz CT molecular complexity index is 789. The predicted octanol–water partition coefficient (Wildman–Crippen LogP) is 2.47. The highest BCUT2D eigenvalue weighted by atomic mass is 16.6. The average molecular weight is 341 g/mol. The SMILES string of the molecule is Cc1cccc(C(CC(=O)O)NC(=O)C2COc3ccccc3O2)c1. The Morgan fingerprint density at radius 2 is 1.96 bits per heavy atom. The van der Waals surface area contributed by atoms with Gasteiger partial charge in [-0.25, -0.2) is 0 Å². The van der Waals surface area contributed by atoms with Crippen molar-refractivity contribution in [2.24, 2.45) is 0 Å². The summed E-state index contributed by atoms with van der Waals surface area (Å²) in [5.74, 6) is -0.299. The van der Waals surface area contributed by atoms with E-state index in [4.69, 9.17) is 14.6 Å². The standard InChI is InChI=1S/C19H19NO5/c1-12-5-4-6-13(9-12)14(10-18(21)22)20-19(23)17-11-24-15-7-2-3-8-16(15)25-17/h2-9,14,17H,10-11H2,1H3,(H,20,23)(H,21,22). The first-order chi connectivity index (χ1) is 12.0. The van der Waals surface area contributed by atoms with Crippen LogP contribution in [0.2, 0.25) is 0 Å². The van der Waals surface area contributed by atoms with E-state index in [1.54, 1.807) is 24.3 Å². The third-order valence-electron chi connectivity index (χ3n) is 3.94. The number of fused-ring (bicyclic) bond motifs is 1. The molecule has 3 rings (SSSR count). The van der Waals surface area contributed by atoms with Crippen LogP contribution in [0.5, 0.6) is 11.5 Å². The molecule has 2 N–H and O–H groups in total. The fourth-order valence-corrected chi connectivity index (χ4v) is 2.73. The predicted molar refractivity (Wildman–Crippen MR) is 90.7 cm³/mol. The van der Waals surface area contributed by atoms with Crippen molar-refractivity contribution in [3.8, 4) is 11.5 Å². The summed E-state index contributed by atoms with van der Waals surface area (Å²) in [6.45, 7) is 1.99. The van der Waals surface area contributed by atoms with Gasteiger partial charge >= 0.3 is 5.97 Å². The van der Waals surface area contributed by atoms with Gasteiger partial charge in [0, 0.05) is 0 Å². The van der Waals surface area contributed by atoms with E-state index in [1.165, 1.54) is 0 Å². The number of carbonyl (C=O) groups is 2. The average Bonchev–Trinajstić information content (AvgIpc) is 2.60. The second-order valence-electron chi connectivity index (χ2n) is 5.94. The Morgan fingerprint density at radius 3 is 2.68 bits per heavy atom. The van der Waals surface area contributed by atoms with Crippen molar-refractivity contribution in [2.45, 2.75) is 25.5 Å². The largest absolute Gasteiger partial charge is 0.485 e. The van der Waals surface area contributed by atoms with Gasteiger partial charge in [-0.1, -0.05) is 42.0 Å². The van der Waals surface area contributed by atoms with E-state index in [0.717, 1.165) is 11.1 Å². The van der Waals surface area contributed by atoms with Crippen molar-refractivity contribution < 1.29 is 24.2 Å². The molecular weight excluding hydrogens is 322 g/mol. The maximum absolute atomic E-state index is 12.5. The molecule has 2 atom stereocenters. The maximum Gasteiger partial charge on any atom is 0.305 e. The van der Waals surface area contributed by atoms with Crippen LogP contribution >= 0.6 is 0 Å². The van der Waals surface area contributed by atoms with Gasteiger partial charge in [-0.15, -0.1) is 0 Å². The number of amides is 1. The number of rotatable bonds is 5. The molecule has 0 fully saturated rings. The molecule has 1 amide bonds. The number of para-hydroxylation sites is 2. The first kappa shape index (κ1) is 16.8. The second kappa shape index (κ2) is 7.25. The summed E-state index contributed by atoms with van der Waals surface area (Å²) in [5.41, 5.74) is 1.74. The summed E-state index contributed by atoms with van der Waals surface area (Å²) in [6.07, 6.45) is -1.03. The van der Waals surface area contributed by atoms with Crippen LogP contribution in [0.15, 0.2) is 48.5 Å². The van der Waals surface area contributed by atoms with Crippen LogP contribution in [-0.2, 0) is 9.59 Å². The van der Waals surface area contributed by atoms with Crippen LogP contribution in [0.25, 0.3) is 0 Å². The van der Waals surface area contributed by atoms with Gasteiger partial charge in [0.05, 0.1) is 12.5 Å². The van der Waals surface area contributed by atoms with Gasteiger partial charge in [0.15, 0.2) is 11.5 Å². The van der Waals surface area contributed by atoms with Crippen molar-refractivity contribution in [1.82, 2.24) is 5.32 Å². The van der Waals surface area contributed by atoms with Gasteiger partial charge in [0.25, 0.3) is 5.91 Å². The highest BCUT2D eigenvalue weighted by Gasteiger charge is 2.29. The first-order valence-electron chi connectivity index (χ1n) is 8.00. The van der Waals surface area contributed by atoms with E-state index >= 15 is 0 Å². The Kier molecular flexibility index (Phi) is 4.88. The molecule has 0 aliphatic carbocycles. The highest BCUT2D eigenvalue weighted by molar-refractivity contribution is 5.83. The number of carboxylic acids is 1. The molecule has 0 saturated heterocycles. The smallest absolute Gasteiger partial charge is 0.305 e. The van der Waals surface area contributed by atoms with Gasteiger partial charge < -0.3 is 19.9 Å². The molecule has 1 aliphatic heterocycles. The lowest BCUT2D eigenvalue weighted by Gasteiger charge is -2.27. The van der Waals surface area contributed by atoms with Crippen LogP contribution in [0.1, 0.15) is 23.6 Å². The van der Waals surface area contributed by atoms with E-state index in [9.17, 15) is 9.59 Å². The summed E-state index contributed by atoms with van der Waals surface area (Å²) >= 11 is 0. The van der Waals surface area contributed by atoms with E-state index in [2.05, 4.69) is 5.32 Å². The first-order valence-corrected chi connectivity index (χ1v) is 8.00. The molecule has 2 aromatic carbocycles. The van der Waals surface area contributed by atoms with E-state index in [1.807, 2.05) is 31.2 Å². The quantitative estimate of drug-likeness (QED) is 0.873. The monoisotopic (exact) mass is 341 g/mol. The van der Waals surface area contributed by atoms with E-state index < -0.39 is 24.0 Å². The summed E-state index contributed by atoms with van der Waals surface area (Å²) in [7, 11) is 0. The zero-order valence-electron chi connectivity index (χ0n) is 13.8. The van der Waals surface area contributed by atoms with Crippen molar-refractivity contribution in [1.29, 1.82) is 0 Å². The van der Waals surface area contributed by atoms with Gasteiger partial charge in [-0.3, -0.25) is 9.59 Å². The zero-order chi connectivity index (χ0) is 17.8. The van der Waals surface area contributed by atoms with Crippen molar-refractivity contribution in [3.05, 3.63) is 59.7 Å². The lowest BCUT2D eigenvalue weighted by atomic mass is 10.0. The third-order valence-corrected chi connectivity index (χ3v) is 3.94. The van der Waals surface area contributed by atoms with Crippen molar-refractivity contribution >= 4 is 11.9 Å². The molecule has 1 heterocycles. The van der Waals surface area contributed by atoms with Gasteiger partial charge in [-0.05, 0) is 24.6 Å². The number of aryl methyl sites for hydroxylation is 1. The molecule has 2 unspecified atom stereocenters. The van der Waals surface area contributed by atoms with Crippen LogP contribution in [0.3, 0.4) is 0 Å². The lowest BCUT2D eigenvalue weighted by molar-refractivity contribution is -0.138. The summed E-state index contributed by atoms with van der Waals surface area (Å²) in [5, 5.41) is 11.9. The second-order valence-corrected chi connectivity index (χ2v) is 5.94. The fourth-order valence-electron chi connectivity index (χ4n) is 2.73. The normalized spacial score (nSPS) is 16.8. The number of benzene rings is 2. The third kappa shape index (κ3) is 4.09. The van der Waals surface area contributed by atoms with Crippen molar-refractivity contribution in [2.75, 3.05) is 6.61 Å². The van der Waals surface area contributed by atoms with Crippen LogP contribution in [0, 0.1) is 6.92 Å². The molecule has 6 nitrogen and oxygen atoms in total. The van der Waals surface area contributed by atoms with Crippen LogP contribution in [-0.4, -0.2) is 29.7 Å². The summed E-state index contributed by atoms with van der Waals surface area (Å²) in [4.78, 5) is 23.7. The van der Waals surface area contributed by atoms with E-state index in [-0.39, 0.29) is 13.0 Å². The molecule has 0 aromatic heterocycles. The number of aliphatic carboxylic acids is 1. The minimum atomic E-state index is -0.988. The Labute approximate surface area is 145 Å². The van der Waals surface area contributed by atoms with Gasteiger partial charge in [0.1, 0.15) is 6.61 Å². The fraction of sp³-hybridized carbons (Fsp3) is 0.263. The van der Waals surface area contributed by atoms with Gasteiger partial charge in [-0.2, -0.15) is 0 Å². The molecule has 25 heavy (non-hydrogen) atoms. The molecular formula is C19H19NO5. The number of hydrogen-bond acceptors (Lipinski definition) is 4. The Morgan fingerprint density at radius 1 is 1.20 bits per heavy atom. The zero-order valence-corrected chi connectivity index (χ0v) is 13.8. The van der Waals surface area contributed by atoms with E-state index in [0.29, 0.717) is 11.5 Å². The molecule has 0 radical (unpaired) electrons. The number of hydrogen-bond donors (Lipinski definition) is 2. The topological polar surface area (TPSA) is 84.9 Å². The minimum Gasteiger partial charge on any atom is -0.485 e. The number of carboxylic acid groups (broad SMARTS) is 1. The van der Waals surface area contributed by atoms with Crippen LogP contribution < -0.4 is 14.8 Å².